The third-order valence-electron chi connectivity index (χ3n) is 3.99. The molecule has 1 amide bonds. The summed E-state index contributed by atoms with van der Waals surface area (Å²) >= 11 is 1.22. The molecule has 6 nitrogen and oxygen atoms in total. The fourth-order valence-corrected chi connectivity index (χ4v) is 3.74. The Hall–Kier alpha value is -2.61. The standard InChI is InChI=1S/C17H15FN2O4S/c1-9-19-14(15(25-9)10-3-2-4-11(18)7-10)16(22)20-8-12(21)5-6-13(20)17(23)24/h2-4,7,13H,5-6,8H2,1H3,(H,23,24). The molecule has 130 valence electrons. The molecule has 0 aliphatic carbocycles. The van der Waals surface area contributed by atoms with Crippen molar-refractivity contribution in [3.8, 4) is 10.4 Å². The monoisotopic (exact) mass is 362 g/mol. The summed E-state index contributed by atoms with van der Waals surface area (Å²) in [5.74, 6) is -2.41. The molecule has 1 aromatic carbocycles. The van der Waals surface area contributed by atoms with E-state index >= 15 is 0 Å². The molecule has 2 aromatic rings. The van der Waals surface area contributed by atoms with Crippen LogP contribution in [0.1, 0.15) is 28.3 Å². The first kappa shape index (κ1) is 17.2. The number of amides is 1. The summed E-state index contributed by atoms with van der Waals surface area (Å²) < 4.78 is 13.5. The zero-order chi connectivity index (χ0) is 18.1. The summed E-state index contributed by atoms with van der Waals surface area (Å²) in [7, 11) is 0. The lowest BCUT2D eigenvalue weighted by Crippen LogP contribution is -2.51. The quantitative estimate of drug-likeness (QED) is 0.906. The molecule has 1 N–H and O–H groups in total. The van der Waals surface area contributed by atoms with Crippen LogP contribution in [0, 0.1) is 12.7 Å². The number of aromatic nitrogens is 1. The van der Waals surface area contributed by atoms with E-state index in [9.17, 15) is 23.9 Å². The number of benzene rings is 1. The lowest BCUT2D eigenvalue weighted by atomic mass is 10.0. The van der Waals surface area contributed by atoms with Crippen molar-refractivity contribution in [3.05, 3.63) is 40.8 Å². The summed E-state index contributed by atoms with van der Waals surface area (Å²) in [6, 6.07) is 4.71. The molecule has 1 aromatic heterocycles. The molecule has 0 radical (unpaired) electrons. The molecule has 3 rings (SSSR count). The van der Waals surface area contributed by atoms with E-state index in [1.165, 1.54) is 29.5 Å². The number of rotatable bonds is 3. The van der Waals surface area contributed by atoms with E-state index in [2.05, 4.69) is 4.98 Å². The number of ketones is 1. The molecule has 1 aliphatic heterocycles. The summed E-state index contributed by atoms with van der Waals surface area (Å²) in [5, 5.41) is 9.94. The van der Waals surface area contributed by atoms with Crippen LogP contribution in [0.4, 0.5) is 4.39 Å². The number of Topliss-reactive ketones (excluding diaryl/α,β-unsaturated/α-hetero) is 1. The molecule has 1 atom stereocenters. The summed E-state index contributed by atoms with van der Waals surface area (Å²) in [5.41, 5.74) is 0.540. The number of aryl methyl sites for hydroxylation is 1. The molecular weight excluding hydrogens is 347 g/mol. The molecule has 0 spiro atoms. The number of aliphatic carboxylic acids is 1. The number of thiazole rings is 1. The predicted molar refractivity (Wildman–Crippen MR) is 88.9 cm³/mol. The number of hydrogen-bond acceptors (Lipinski definition) is 5. The van der Waals surface area contributed by atoms with E-state index in [1.807, 2.05) is 0 Å². The van der Waals surface area contributed by atoms with Gasteiger partial charge in [0.1, 0.15) is 17.6 Å². The van der Waals surface area contributed by atoms with Gasteiger partial charge in [-0.1, -0.05) is 12.1 Å². The number of carboxylic acid groups (broad SMARTS) is 1. The maximum absolute atomic E-state index is 13.5. The third-order valence-corrected chi connectivity index (χ3v) is 5.01. The molecule has 1 unspecified atom stereocenters. The summed E-state index contributed by atoms with van der Waals surface area (Å²) in [6.07, 6.45) is 0.214. The van der Waals surface area contributed by atoms with Gasteiger partial charge in [-0.3, -0.25) is 9.59 Å². The minimum atomic E-state index is -1.15. The van der Waals surface area contributed by atoms with Crippen LogP contribution in [-0.2, 0) is 9.59 Å². The van der Waals surface area contributed by atoms with Gasteiger partial charge in [-0.15, -0.1) is 11.3 Å². The van der Waals surface area contributed by atoms with Gasteiger partial charge >= 0.3 is 5.97 Å². The molecule has 1 fully saturated rings. The van der Waals surface area contributed by atoms with Crippen LogP contribution in [0.5, 0.6) is 0 Å². The number of carbonyl (C=O) groups excluding carboxylic acids is 2. The molecular formula is C17H15FN2O4S. The van der Waals surface area contributed by atoms with E-state index in [-0.39, 0.29) is 30.9 Å². The topological polar surface area (TPSA) is 87.6 Å². The molecule has 0 saturated carbocycles. The highest BCUT2D eigenvalue weighted by Gasteiger charge is 2.37. The van der Waals surface area contributed by atoms with Gasteiger partial charge in [0.05, 0.1) is 16.4 Å². The highest BCUT2D eigenvalue weighted by Crippen LogP contribution is 2.32. The predicted octanol–water partition coefficient (Wildman–Crippen LogP) is 2.52. The number of carboxylic acids is 1. The van der Waals surface area contributed by atoms with Crippen molar-refractivity contribution < 1.29 is 23.9 Å². The normalized spacial score (nSPS) is 17.6. The Bertz CT molecular complexity index is 864. The van der Waals surface area contributed by atoms with E-state index in [0.717, 1.165) is 4.90 Å². The zero-order valence-corrected chi connectivity index (χ0v) is 14.2. The average Bonchev–Trinajstić information content (AvgIpc) is 2.95. The van der Waals surface area contributed by atoms with Gasteiger partial charge in [-0.25, -0.2) is 14.2 Å². The number of nitrogens with zero attached hydrogens (tertiary/aromatic N) is 2. The lowest BCUT2D eigenvalue weighted by Gasteiger charge is -2.31. The van der Waals surface area contributed by atoms with Crippen molar-refractivity contribution in [2.45, 2.75) is 25.8 Å². The van der Waals surface area contributed by atoms with E-state index in [0.29, 0.717) is 15.4 Å². The SMILES string of the molecule is Cc1nc(C(=O)N2CC(=O)CCC2C(=O)O)c(-c2cccc(F)c2)s1. The van der Waals surface area contributed by atoms with Crippen LogP contribution in [0.2, 0.25) is 0 Å². The number of piperidine rings is 1. The Kier molecular flexibility index (Phi) is 4.63. The second-order valence-corrected chi connectivity index (χ2v) is 6.99. The van der Waals surface area contributed by atoms with Gasteiger partial charge in [-0.05, 0) is 31.0 Å². The highest BCUT2D eigenvalue weighted by atomic mass is 32.1. The van der Waals surface area contributed by atoms with E-state index < -0.39 is 23.7 Å². The second-order valence-electron chi connectivity index (χ2n) is 5.79. The Morgan fingerprint density at radius 2 is 2.16 bits per heavy atom. The van der Waals surface area contributed by atoms with Crippen molar-refractivity contribution in [1.82, 2.24) is 9.88 Å². The van der Waals surface area contributed by atoms with Crippen LogP contribution >= 0.6 is 11.3 Å². The van der Waals surface area contributed by atoms with Gasteiger partial charge in [-0.2, -0.15) is 0 Å². The van der Waals surface area contributed by atoms with Crippen LogP contribution < -0.4 is 0 Å². The van der Waals surface area contributed by atoms with Crippen LogP contribution in [0.3, 0.4) is 0 Å². The van der Waals surface area contributed by atoms with Gasteiger partial charge in [0, 0.05) is 6.42 Å². The first-order valence-corrected chi connectivity index (χ1v) is 8.47. The van der Waals surface area contributed by atoms with E-state index in [4.69, 9.17) is 0 Å². The first-order chi connectivity index (χ1) is 11.9. The van der Waals surface area contributed by atoms with Crippen molar-refractivity contribution in [3.63, 3.8) is 0 Å². The minimum Gasteiger partial charge on any atom is -0.480 e. The number of carbonyl (C=O) groups is 3. The summed E-state index contributed by atoms with van der Waals surface area (Å²) in [4.78, 5) is 41.8. The van der Waals surface area contributed by atoms with E-state index in [1.54, 1.807) is 13.0 Å². The smallest absolute Gasteiger partial charge is 0.326 e. The molecule has 2 heterocycles. The van der Waals surface area contributed by atoms with Gasteiger partial charge < -0.3 is 10.0 Å². The second kappa shape index (κ2) is 6.72. The first-order valence-electron chi connectivity index (χ1n) is 7.65. The van der Waals surface area contributed by atoms with Gasteiger partial charge in [0.15, 0.2) is 5.78 Å². The molecule has 0 bridgehead atoms. The zero-order valence-electron chi connectivity index (χ0n) is 13.4. The Labute approximate surface area is 146 Å². The van der Waals surface area contributed by atoms with Crippen LogP contribution in [-0.4, -0.2) is 45.2 Å². The Morgan fingerprint density at radius 1 is 1.40 bits per heavy atom. The van der Waals surface area contributed by atoms with Crippen molar-refractivity contribution in [2.24, 2.45) is 0 Å². The van der Waals surface area contributed by atoms with Crippen molar-refractivity contribution >= 4 is 29.0 Å². The molecule has 25 heavy (non-hydrogen) atoms. The average molecular weight is 362 g/mol. The maximum atomic E-state index is 13.5. The summed E-state index contributed by atoms with van der Waals surface area (Å²) in [6.45, 7) is 1.45. The van der Waals surface area contributed by atoms with Crippen LogP contribution in [0.15, 0.2) is 24.3 Å². The molecule has 8 heteroatoms. The molecule has 1 saturated heterocycles. The number of halogens is 1. The van der Waals surface area contributed by atoms with Gasteiger partial charge in [0.25, 0.3) is 5.91 Å². The Morgan fingerprint density at radius 3 is 2.84 bits per heavy atom. The number of hydrogen-bond donors (Lipinski definition) is 1. The lowest BCUT2D eigenvalue weighted by molar-refractivity contribution is -0.144. The minimum absolute atomic E-state index is 0.0500. The molecule has 1 aliphatic rings. The van der Waals surface area contributed by atoms with Crippen molar-refractivity contribution in [2.75, 3.05) is 6.54 Å². The van der Waals surface area contributed by atoms with Gasteiger partial charge in [0.2, 0.25) is 0 Å². The van der Waals surface area contributed by atoms with Crippen LogP contribution in [0.25, 0.3) is 10.4 Å². The fourth-order valence-electron chi connectivity index (χ4n) is 2.84. The Balaban J connectivity index is 2.02. The fraction of sp³-hybridized carbons (Fsp3) is 0.294. The largest absolute Gasteiger partial charge is 0.480 e. The number of likely N-dealkylation sites (tertiary alicyclic amines) is 1. The highest BCUT2D eigenvalue weighted by molar-refractivity contribution is 7.15. The maximum Gasteiger partial charge on any atom is 0.326 e. The van der Waals surface area contributed by atoms with Crippen molar-refractivity contribution in [1.29, 1.82) is 0 Å². The third kappa shape index (κ3) is 3.43.